The van der Waals surface area contributed by atoms with Crippen molar-refractivity contribution in [1.82, 2.24) is 0 Å². The van der Waals surface area contributed by atoms with Crippen LogP contribution in [-0.2, 0) is 14.6 Å². The lowest BCUT2D eigenvalue weighted by molar-refractivity contribution is -0.152. The minimum Gasteiger partial charge on any atom is -0.389 e. The maximum atomic E-state index is 11.8. The molecule has 15 heavy (non-hydrogen) atoms. The van der Waals surface area contributed by atoms with E-state index in [1.54, 1.807) is 0 Å². The van der Waals surface area contributed by atoms with Gasteiger partial charge in [-0.05, 0) is 25.7 Å². The minimum absolute atomic E-state index is 0.163. The Morgan fingerprint density at radius 2 is 1.67 bits per heavy atom. The Kier molecular flexibility index (Phi) is 1.98. The van der Waals surface area contributed by atoms with Crippen LogP contribution in [0, 0.1) is 5.92 Å². The van der Waals surface area contributed by atoms with Crippen LogP contribution in [0.3, 0.4) is 0 Å². The van der Waals surface area contributed by atoms with Gasteiger partial charge in [0.2, 0.25) is 0 Å². The molecule has 3 saturated heterocycles. The van der Waals surface area contributed by atoms with E-state index >= 15 is 0 Å². The average molecular weight is 232 g/mol. The first-order chi connectivity index (χ1) is 7.02. The zero-order chi connectivity index (χ0) is 10.7. The van der Waals surface area contributed by atoms with Gasteiger partial charge >= 0.3 is 0 Å². The second kappa shape index (κ2) is 2.96. The number of hydrogen-bond acceptors (Lipinski definition) is 4. The Hall–Kier alpha value is -0.130. The van der Waals surface area contributed by atoms with Crippen LogP contribution in [-0.4, -0.2) is 42.8 Å². The summed E-state index contributed by atoms with van der Waals surface area (Å²) in [7, 11) is -2.92. The largest absolute Gasteiger partial charge is 0.389 e. The SMILES string of the molecule is O=S1(=O)C2CCC1CC(O)(C1COC1)C2. The Balaban J connectivity index is 1.88. The molecular formula is C10H16O4S. The van der Waals surface area contributed by atoms with Gasteiger partial charge in [0.15, 0.2) is 9.84 Å². The van der Waals surface area contributed by atoms with Crippen molar-refractivity contribution in [2.45, 2.75) is 41.8 Å². The van der Waals surface area contributed by atoms with Crippen LogP contribution in [0.25, 0.3) is 0 Å². The monoisotopic (exact) mass is 232 g/mol. The van der Waals surface area contributed by atoms with E-state index in [0.717, 1.165) is 12.8 Å². The molecule has 5 heteroatoms. The number of rotatable bonds is 1. The number of ether oxygens (including phenoxy) is 1. The van der Waals surface area contributed by atoms with Gasteiger partial charge in [0.1, 0.15) is 0 Å². The van der Waals surface area contributed by atoms with Crippen molar-refractivity contribution in [3.63, 3.8) is 0 Å². The van der Waals surface area contributed by atoms with Crippen LogP contribution >= 0.6 is 0 Å². The fraction of sp³-hybridized carbons (Fsp3) is 1.00. The number of sulfone groups is 1. The molecule has 2 atom stereocenters. The zero-order valence-corrected chi connectivity index (χ0v) is 9.37. The third-order valence-electron chi connectivity index (χ3n) is 4.30. The third-order valence-corrected chi connectivity index (χ3v) is 6.96. The predicted octanol–water partition coefficient (Wildman–Crippen LogP) is 0.103. The first-order valence-electron chi connectivity index (χ1n) is 5.55. The standard InChI is InChI=1S/C10H16O4S/c11-10(7-5-14-6-7)3-8-1-2-9(4-10)15(8,12)13/h7-9,11H,1-6H2. The van der Waals surface area contributed by atoms with Crippen molar-refractivity contribution in [3.8, 4) is 0 Å². The number of hydrogen-bond donors (Lipinski definition) is 1. The molecule has 0 radical (unpaired) electrons. The van der Waals surface area contributed by atoms with Gasteiger partial charge < -0.3 is 9.84 Å². The smallest absolute Gasteiger partial charge is 0.156 e. The van der Waals surface area contributed by atoms with Crippen molar-refractivity contribution in [3.05, 3.63) is 0 Å². The van der Waals surface area contributed by atoms with Crippen molar-refractivity contribution >= 4 is 9.84 Å². The fourth-order valence-electron chi connectivity index (χ4n) is 3.16. The summed E-state index contributed by atoms with van der Waals surface area (Å²) in [6.45, 7) is 1.19. The second-order valence-electron chi connectivity index (χ2n) is 5.16. The second-order valence-corrected chi connectivity index (χ2v) is 7.67. The van der Waals surface area contributed by atoms with E-state index in [4.69, 9.17) is 4.74 Å². The highest BCUT2D eigenvalue weighted by molar-refractivity contribution is 7.93. The van der Waals surface area contributed by atoms with E-state index in [2.05, 4.69) is 0 Å². The van der Waals surface area contributed by atoms with E-state index in [9.17, 15) is 13.5 Å². The molecule has 2 unspecified atom stereocenters. The maximum absolute atomic E-state index is 11.8. The van der Waals surface area contributed by atoms with E-state index in [-0.39, 0.29) is 16.4 Å². The van der Waals surface area contributed by atoms with Crippen LogP contribution in [0.15, 0.2) is 0 Å². The molecule has 0 aromatic rings. The lowest BCUT2D eigenvalue weighted by atomic mass is 9.79. The summed E-state index contributed by atoms with van der Waals surface area (Å²) in [6.07, 6.45) is 2.34. The highest BCUT2D eigenvalue weighted by atomic mass is 32.2. The Bertz CT molecular complexity index is 351. The van der Waals surface area contributed by atoms with Crippen LogP contribution < -0.4 is 0 Å². The highest BCUT2D eigenvalue weighted by Crippen LogP contribution is 2.47. The van der Waals surface area contributed by atoms with Crippen molar-refractivity contribution < 1.29 is 18.3 Å². The number of fused-ring (bicyclic) bond motifs is 2. The van der Waals surface area contributed by atoms with Crippen LogP contribution in [0.2, 0.25) is 0 Å². The lowest BCUT2D eigenvalue weighted by Crippen LogP contribution is -2.55. The Morgan fingerprint density at radius 1 is 1.13 bits per heavy atom. The first kappa shape index (κ1) is 10.1. The molecular weight excluding hydrogens is 216 g/mol. The molecule has 3 rings (SSSR count). The van der Waals surface area contributed by atoms with Gasteiger partial charge in [0, 0.05) is 5.92 Å². The molecule has 3 fully saturated rings. The summed E-state index contributed by atoms with van der Waals surface area (Å²) in [6, 6.07) is 0. The van der Waals surface area contributed by atoms with Gasteiger partial charge in [-0.1, -0.05) is 0 Å². The molecule has 3 aliphatic heterocycles. The molecule has 3 heterocycles. The Morgan fingerprint density at radius 3 is 2.07 bits per heavy atom. The topological polar surface area (TPSA) is 63.6 Å². The van der Waals surface area contributed by atoms with Gasteiger partial charge in [-0.3, -0.25) is 0 Å². The summed E-state index contributed by atoms with van der Waals surface area (Å²) in [4.78, 5) is 0. The average Bonchev–Trinajstić information content (AvgIpc) is 2.29. The van der Waals surface area contributed by atoms with E-state index in [0.29, 0.717) is 26.1 Å². The summed E-state index contributed by atoms with van der Waals surface area (Å²) < 4.78 is 28.8. The highest BCUT2D eigenvalue weighted by Gasteiger charge is 2.56. The zero-order valence-electron chi connectivity index (χ0n) is 8.55. The van der Waals surface area contributed by atoms with Gasteiger partial charge in [0.05, 0.1) is 29.3 Å². The quantitative estimate of drug-likeness (QED) is 0.696. The number of aliphatic hydroxyl groups is 1. The summed E-state index contributed by atoms with van der Waals surface area (Å²) in [5.74, 6) is 0.163. The molecule has 86 valence electrons. The summed E-state index contributed by atoms with van der Waals surface area (Å²) in [5, 5.41) is 9.88. The first-order valence-corrected chi connectivity index (χ1v) is 7.16. The van der Waals surface area contributed by atoms with E-state index < -0.39 is 15.4 Å². The van der Waals surface area contributed by atoms with E-state index in [1.165, 1.54) is 0 Å². The Labute approximate surface area is 89.5 Å². The molecule has 2 bridgehead atoms. The molecule has 0 spiro atoms. The fourth-order valence-corrected chi connectivity index (χ4v) is 5.68. The van der Waals surface area contributed by atoms with Gasteiger partial charge in [-0.2, -0.15) is 0 Å². The third kappa shape index (κ3) is 1.29. The maximum Gasteiger partial charge on any atom is 0.156 e. The summed E-state index contributed by atoms with van der Waals surface area (Å²) in [5.41, 5.74) is -0.768. The molecule has 3 aliphatic rings. The molecule has 4 nitrogen and oxygen atoms in total. The van der Waals surface area contributed by atoms with E-state index in [1.807, 2.05) is 0 Å². The molecule has 0 saturated carbocycles. The molecule has 0 aromatic carbocycles. The molecule has 0 aromatic heterocycles. The van der Waals surface area contributed by atoms with Crippen molar-refractivity contribution in [2.24, 2.45) is 5.92 Å². The molecule has 0 amide bonds. The molecule has 1 N–H and O–H groups in total. The van der Waals surface area contributed by atoms with Gasteiger partial charge in [-0.25, -0.2) is 8.42 Å². The molecule has 0 aliphatic carbocycles. The van der Waals surface area contributed by atoms with Crippen LogP contribution in [0.4, 0.5) is 0 Å². The van der Waals surface area contributed by atoms with Gasteiger partial charge in [0.25, 0.3) is 0 Å². The van der Waals surface area contributed by atoms with Crippen LogP contribution in [0.1, 0.15) is 25.7 Å². The summed E-state index contributed by atoms with van der Waals surface area (Å²) >= 11 is 0. The van der Waals surface area contributed by atoms with Crippen LogP contribution in [0.5, 0.6) is 0 Å². The minimum atomic E-state index is -2.92. The van der Waals surface area contributed by atoms with Gasteiger partial charge in [-0.15, -0.1) is 0 Å². The predicted molar refractivity (Wildman–Crippen MR) is 54.2 cm³/mol. The van der Waals surface area contributed by atoms with Crippen molar-refractivity contribution in [2.75, 3.05) is 13.2 Å². The lowest BCUT2D eigenvalue weighted by Gasteiger charge is -2.45. The normalized spacial score (nSPS) is 48.9. The van der Waals surface area contributed by atoms with Crippen molar-refractivity contribution in [1.29, 1.82) is 0 Å².